The van der Waals surface area contributed by atoms with Crippen molar-refractivity contribution in [3.63, 3.8) is 0 Å². The largest absolute Gasteiger partial charge is 0.294 e. The third-order valence-corrected chi connectivity index (χ3v) is 5.30. The van der Waals surface area contributed by atoms with Crippen LogP contribution in [-0.2, 0) is 5.75 Å². The van der Waals surface area contributed by atoms with Crippen molar-refractivity contribution >= 4 is 39.1 Å². The van der Waals surface area contributed by atoms with Gasteiger partial charge in [0.05, 0.1) is 17.4 Å². The van der Waals surface area contributed by atoms with Gasteiger partial charge in [-0.1, -0.05) is 30.3 Å². The predicted octanol–water partition coefficient (Wildman–Crippen LogP) is 4.55. The van der Waals surface area contributed by atoms with E-state index in [9.17, 15) is 0 Å². The summed E-state index contributed by atoms with van der Waals surface area (Å²) in [7, 11) is 0. The van der Waals surface area contributed by atoms with E-state index < -0.39 is 0 Å². The standard InChI is InChI=1S/C17H12N2S/c1-10-6-7-14-16-15(10)12-4-2-3-5-13(12)17-18-8-11(9-20-14)19(16)17/h2-8H,9H2,1H3. The summed E-state index contributed by atoms with van der Waals surface area (Å²) in [5.41, 5.74) is 5.07. The van der Waals surface area contributed by atoms with E-state index in [-0.39, 0.29) is 0 Å². The van der Waals surface area contributed by atoms with Gasteiger partial charge >= 0.3 is 0 Å². The second-order valence-corrected chi connectivity index (χ2v) is 6.36. The highest BCUT2D eigenvalue weighted by Crippen LogP contribution is 2.41. The van der Waals surface area contributed by atoms with Gasteiger partial charge in [-0.3, -0.25) is 4.40 Å². The lowest BCUT2D eigenvalue weighted by Crippen LogP contribution is -2.02. The van der Waals surface area contributed by atoms with Crippen molar-refractivity contribution in [1.29, 1.82) is 0 Å². The molecule has 2 nitrogen and oxygen atoms in total. The molecule has 0 bridgehead atoms. The highest BCUT2D eigenvalue weighted by molar-refractivity contribution is 7.98. The molecule has 1 aliphatic rings. The van der Waals surface area contributed by atoms with Crippen molar-refractivity contribution in [3.8, 4) is 0 Å². The lowest BCUT2D eigenvalue weighted by Gasteiger charge is -2.19. The first-order chi connectivity index (χ1) is 9.84. The molecule has 0 saturated heterocycles. The number of thioether (sulfide) groups is 1. The first-order valence-corrected chi connectivity index (χ1v) is 7.76. The van der Waals surface area contributed by atoms with Crippen LogP contribution in [0.5, 0.6) is 0 Å². The molecule has 0 fully saturated rings. The first kappa shape index (κ1) is 10.7. The Morgan fingerprint density at radius 1 is 1.10 bits per heavy atom. The van der Waals surface area contributed by atoms with Crippen LogP contribution in [-0.4, -0.2) is 9.38 Å². The van der Waals surface area contributed by atoms with Gasteiger partial charge in [0.1, 0.15) is 5.65 Å². The molecule has 0 amide bonds. The number of hydrogen-bond donors (Lipinski definition) is 0. The first-order valence-electron chi connectivity index (χ1n) is 6.78. The fourth-order valence-corrected chi connectivity index (χ4v) is 4.33. The van der Waals surface area contributed by atoms with Crippen LogP contribution in [0.1, 0.15) is 11.3 Å². The summed E-state index contributed by atoms with van der Waals surface area (Å²) in [6, 6.07) is 13.1. The minimum absolute atomic E-state index is 1.00. The molecule has 5 rings (SSSR count). The molecule has 96 valence electrons. The summed E-state index contributed by atoms with van der Waals surface area (Å²) in [6.45, 7) is 2.20. The molecule has 1 aliphatic heterocycles. The molecule has 0 radical (unpaired) electrons. The predicted molar refractivity (Wildman–Crippen MR) is 84.5 cm³/mol. The van der Waals surface area contributed by atoms with Crippen LogP contribution in [0.2, 0.25) is 0 Å². The van der Waals surface area contributed by atoms with E-state index >= 15 is 0 Å². The average Bonchev–Trinajstić information content (AvgIpc) is 2.92. The summed E-state index contributed by atoms with van der Waals surface area (Å²) in [6.07, 6.45) is 2.03. The number of benzene rings is 2. The van der Waals surface area contributed by atoms with Gasteiger partial charge in [-0.05, 0) is 23.9 Å². The van der Waals surface area contributed by atoms with Crippen molar-refractivity contribution in [2.45, 2.75) is 17.6 Å². The normalized spacial score (nSPS) is 13.8. The quantitative estimate of drug-likeness (QED) is 0.438. The van der Waals surface area contributed by atoms with E-state index in [1.165, 1.54) is 37.8 Å². The molecule has 3 heteroatoms. The van der Waals surface area contributed by atoms with E-state index in [0.717, 1.165) is 11.4 Å². The Morgan fingerprint density at radius 2 is 1.95 bits per heavy atom. The minimum Gasteiger partial charge on any atom is -0.294 e. The SMILES string of the molecule is Cc1ccc2c3c1c1ccccc1c1ncc(n13)CS2. The number of nitrogens with zero attached hydrogens (tertiary/aromatic N) is 2. The maximum atomic E-state index is 4.68. The fraction of sp³-hybridized carbons (Fsp3) is 0.118. The van der Waals surface area contributed by atoms with E-state index in [1.54, 1.807) is 0 Å². The van der Waals surface area contributed by atoms with Crippen LogP contribution in [0.3, 0.4) is 0 Å². The highest BCUT2D eigenvalue weighted by atomic mass is 32.2. The van der Waals surface area contributed by atoms with Crippen molar-refractivity contribution in [2.24, 2.45) is 0 Å². The Kier molecular flexibility index (Phi) is 1.91. The molecule has 4 aromatic rings. The van der Waals surface area contributed by atoms with Crippen LogP contribution in [0.15, 0.2) is 47.5 Å². The van der Waals surface area contributed by atoms with E-state index in [0.29, 0.717) is 0 Å². The van der Waals surface area contributed by atoms with Gasteiger partial charge in [0, 0.05) is 21.4 Å². The minimum atomic E-state index is 1.00. The summed E-state index contributed by atoms with van der Waals surface area (Å²) < 4.78 is 2.36. The Labute approximate surface area is 120 Å². The number of fused-ring (bicyclic) bond motifs is 3. The molecule has 0 aliphatic carbocycles. The number of pyridine rings is 1. The van der Waals surface area contributed by atoms with Gasteiger partial charge < -0.3 is 0 Å². The van der Waals surface area contributed by atoms with Crippen LogP contribution in [0.25, 0.3) is 27.3 Å². The van der Waals surface area contributed by atoms with Gasteiger partial charge in [-0.25, -0.2) is 4.98 Å². The molecule has 2 aromatic heterocycles. The average molecular weight is 276 g/mol. The molecule has 2 aromatic carbocycles. The lowest BCUT2D eigenvalue weighted by atomic mass is 10.0. The highest BCUT2D eigenvalue weighted by Gasteiger charge is 2.20. The number of aryl methyl sites for hydroxylation is 1. The van der Waals surface area contributed by atoms with Gasteiger partial charge in [0.25, 0.3) is 0 Å². The molecular weight excluding hydrogens is 264 g/mol. The zero-order valence-corrected chi connectivity index (χ0v) is 11.9. The van der Waals surface area contributed by atoms with Crippen molar-refractivity contribution in [2.75, 3.05) is 0 Å². The summed E-state index contributed by atoms with van der Waals surface area (Å²) in [5.74, 6) is 1.00. The van der Waals surface area contributed by atoms with E-state index in [2.05, 4.69) is 52.7 Å². The van der Waals surface area contributed by atoms with E-state index in [1.807, 2.05) is 18.0 Å². The maximum Gasteiger partial charge on any atom is 0.145 e. The maximum absolute atomic E-state index is 4.68. The smallest absolute Gasteiger partial charge is 0.145 e. The van der Waals surface area contributed by atoms with Crippen molar-refractivity contribution in [1.82, 2.24) is 9.38 Å². The second kappa shape index (κ2) is 3.55. The summed E-state index contributed by atoms with van der Waals surface area (Å²) in [5, 5.41) is 3.93. The molecule has 0 unspecified atom stereocenters. The van der Waals surface area contributed by atoms with Crippen LogP contribution >= 0.6 is 11.8 Å². The Bertz CT molecular complexity index is 1010. The molecule has 3 heterocycles. The second-order valence-electron chi connectivity index (χ2n) is 5.35. The van der Waals surface area contributed by atoms with Crippen molar-refractivity contribution < 1.29 is 0 Å². The number of rotatable bonds is 0. The van der Waals surface area contributed by atoms with E-state index in [4.69, 9.17) is 0 Å². The topological polar surface area (TPSA) is 17.3 Å². The third kappa shape index (κ3) is 1.15. The third-order valence-electron chi connectivity index (χ3n) is 4.22. The number of aromatic nitrogens is 2. The van der Waals surface area contributed by atoms with Crippen molar-refractivity contribution in [3.05, 3.63) is 53.9 Å². The monoisotopic (exact) mass is 276 g/mol. The molecule has 0 N–H and O–H groups in total. The van der Waals surface area contributed by atoms with Gasteiger partial charge in [0.2, 0.25) is 0 Å². The lowest BCUT2D eigenvalue weighted by molar-refractivity contribution is 1.11. The molecular formula is C17H12N2S. The molecule has 20 heavy (non-hydrogen) atoms. The molecule has 0 atom stereocenters. The van der Waals surface area contributed by atoms with Gasteiger partial charge in [-0.2, -0.15) is 0 Å². The van der Waals surface area contributed by atoms with Crippen LogP contribution < -0.4 is 0 Å². The van der Waals surface area contributed by atoms with Crippen LogP contribution in [0.4, 0.5) is 0 Å². The Morgan fingerprint density at radius 3 is 2.85 bits per heavy atom. The molecule has 0 saturated carbocycles. The molecule has 0 spiro atoms. The fourth-order valence-electron chi connectivity index (χ4n) is 3.33. The Hall–Kier alpha value is -2.00. The zero-order chi connectivity index (χ0) is 13.3. The summed E-state index contributed by atoms with van der Waals surface area (Å²) in [4.78, 5) is 6.05. The summed E-state index contributed by atoms with van der Waals surface area (Å²) >= 11 is 1.92. The number of hydrogen-bond acceptors (Lipinski definition) is 2. The van der Waals surface area contributed by atoms with Gasteiger partial charge in [-0.15, -0.1) is 11.8 Å². The van der Waals surface area contributed by atoms with Gasteiger partial charge in [0.15, 0.2) is 0 Å². The zero-order valence-electron chi connectivity index (χ0n) is 11.1. The number of imidazole rings is 1. The van der Waals surface area contributed by atoms with Crippen LogP contribution in [0, 0.1) is 6.92 Å². The Balaban J connectivity index is 2.28.